The van der Waals surface area contributed by atoms with Gasteiger partial charge in [-0.25, -0.2) is 0 Å². The van der Waals surface area contributed by atoms with Crippen molar-refractivity contribution in [3.8, 4) is 0 Å². The summed E-state index contributed by atoms with van der Waals surface area (Å²) in [6.07, 6.45) is 22.3. The molecule has 0 aliphatic heterocycles. The van der Waals surface area contributed by atoms with Gasteiger partial charge in [-0.15, -0.1) is 0 Å². The molecule has 57 heavy (non-hydrogen) atoms. The largest absolute Gasteiger partial charge is 0.393 e. The summed E-state index contributed by atoms with van der Waals surface area (Å²) in [7, 11) is 0. The highest BCUT2D eigenvalue weighted by molar-refractivity contribution is 5.77. The topological polar surface area (TPSA) is 119 Å². The van der Waals surface area contributed by atoms with Crippen molar-refractivity contribution in [2.75, 3.05) is 13.1 Å². The van der Waals surface area contributed by atoms with Gasteiger partial charge in [0.2, 0.25) is 11.8 Å². The lowest BCUT2D eigenvalue weighted by Gasteiger charge is -2.62. The van der Waals surface area contributed by atoms with E-state index < -0.39 is 0 Å². The fraction of sp³-hybridized carbons (Fsp3) is 0.960. The molecule has 8 saturated carbocycles. The number of hydrogen-bond acceptors (Lipinski definition) is 5. The highest BCUT2D eigenvalue weighted by Crippen LogP contribution is 2.70. The Bertz CT molecular complexity index is 1450. The van der Waals surface area contributed by atoms with Crippen LogP contribution in [0, 0.1) is 92.7 Å². The Morgan fingerprint density at radius 2 is 1.02 bits per heavy atom. The highest BCUT2D eigenvalue weighted by atomic mass is 16.3. The molecule has 0 aromatic rings. The predicted octanol–water partition coefficient (Wildman–Crippen LogP) is 9.06. The molecule has 0 radical (unpaired) electrons. The Kier molecular flexibility index (Phi) is 12.1. The Balaban J connectivity index is 0.742. The number of carbonyl (C=O) groups is 2. The van der Waals surface area contributed by atoms with Crippen molar-refractivity contribution in [1.82, 2.24) is 10.6 Å². The van der Waals surface area contributed by atoms with Gasteiger partial charge in [0.25, 0.3) is 0 Å². The summed E-state index contributed by atoms with van der Waals surface area (Å²) in [5, 5.41) is 39.0. The lowest BCUT2D eigenvalue weighted by Crippen LogP contribution is -2.58. The average Bonchev–Trinajstić information content (AvgIpc) is 3.73. The summed E-state index contributed by atoms with van der Waals surface area (Å²) >= 11 is 0. The maximum Gasteiger partial charge on any atom is 0.220 e. The number of amides is 2. The van der Waals surface area contributed by atoms with E-state index in [1.807, 2.05) is 0 Å². The molecular weight excluding hydrogens is 709 g/mol. The van der Waals surface area contributed by atoms with Crippen molar-refractivity contribution in [3.05, 3.63) is 0 Å². The van der Waals surface area contributed by atoms with Crippen LogP contribution in [-0.2, 0) is 9.59 Å². The fourth-order valence-electron chi connectivity index (χ4n) is 18.1. The molecular formula is C50H84N2O5. The summed E-state index contributed by atoms with van der Waals surface area (Å²) in [6.45, 7) is 15.7. The number of aliphatic hydroxyl groups is 3. The average molecular weight is 793 g/mol. The van der Waals surface area contributed by atoms with Gasteiger partial charge in [0.05, 0.1) is 18.3 Å². The lowest BCUT2D eigenvalue weighted by atomic mass is 9.43. The van der Waals surface area contributed by atoms with Crippen molar-refractivity contribution >= 4 is 11.8 Å². The highest BCUT2D eigenvalue weighted by Gasteiger charge is 2.64. The van der Waals surface area contributed by atoms with Crippen LogP contribution in [-0.4, -0.2) is 58.5 Å². The second kappa shape index (κ2) is 16.3. The van der Waals surface area contributed by atoms with E-state index >= 15 is 0 Å². The predicted molar refractivity (Wildman–Crippen MR) is 227 cm³/mol. The third kappa shape index (κ3) is 7.39. The van der Waals surface area contributed by atoms with E-state index in [0.29, 0.717) is 90.0 Å². The van der Waals surface area contributed by atoms with Gasteiger partial charge in [-0.3, -0.25) is 9.59 Å². The number of rotatable bonds is 11. The van der Waals surface area contributed by atoms with E-state index in [9.17, 15) is 24.9 Å². The Morgan fingerprint density at radius 3 is 1.61 bits per heavy atom. The Morgan fingerprint density at radius 1 is 0.544 bits per heavy atom. The molecule has 0 bridgehead atoms. The molecule has 0 aromatic carbocycles. The number of nitrogens with one attached hydrogen (secondary N) is 2. The molecule has 8 unspecified atom stereocenters. The molecule has 5 N–H and O–H groups in total. The van der Waals surface area contributed by atoms with Crippen LogP contribution in [0.2, 0.25) is 0 Å². The molecule has 324 valence electrons. The van der Waals surface area contributed by atoms with Crippen LogP contribution in [0.15, 0.2) is 0 Å². The third-order valence-corrected chi connectivity index (χ3v) is 21.3. The van der Waals surface area contributed by atoms with Gasteiger partial charge in [0.15, 0.2) is 0 Å². The zero-order valence-electron chi connectivity index (χ0n) is 37.1. The number of hydrogen-bond donors (Lipinski definition) is 5. The van der Waals surface area contributed by atoms with Crippen molar-refractivity contribution in [3.63, 3.8) is 0 Å². The zero-order chi connectivity index (χ0) is 40.5. The molecule has 19 atom stereocenters. The lowest BCUT2D eigenvalue weighted by molar-refractivity contribution is -0.174. The quantitative estimate of drug-likeness (QED) is 0.134. The van der Waals surface area contributed by atoms with Gasteiger partial charge in [0.1, 0.15) is 0 Å². The summed E-state index contributed by atoms with van der Waals surface area (Å²) in [5.41, 5.74) is 0.990. The van der Waals surface area contributed by atoms with Crippen molar-refractivity contribution in [1.29, 1.82) is 0 Å². The zero-order valence-corrected chi connectivity index (χ0v) is 37.1. The molecule has 8 fully saturated rings. The molecule has 0 saturated heterocycles. The molecule has 0 aromatic heterocycles. The van der Waals surface area contributed by atoms with Crippen LogP contribution in [0.25, 0.3) is 0 Å². The summed E-state index contributed by atoms with van der Waals surface area (Å²) in [5.74, 6) is 7.85. The molecule has 0 spiro atoms. The smallest absolute Gasteiger partial charge is 0.220 e. The van der Waals surface area contributed by atoms with Gasteiger partial charge in [-0.1, -0.05) is 41.5 Å². The number of carbonyl (C=O) groups excluding carboxylic acids is 2. The molecule has 8 rings (SSSR count). The van der Waals surface area contributed by atoms with Crippen LogP contribution in [0.1, 0.15) is 176 Å². The Hall–Kier alpha value is -1.18. The minimum atomic E-state index is -0.290. The van der Waals surface area contributed by atoms with Gasteiger partial charge in [-0.05, 0) is 215 Å². The molecule has 0 heterocycles. The maximum atomic E-state index is 13.0. The van der Waals surface area contributed by atoms with Crippen LogP contribution in [0.3, 0.4) is 0 Å². The van der Waals surface area contributed by atoms with Crippen molar-refractivity contribution in [2.24, 2.45) is 92.7 Å². The van der Waals surface area contributed by atoms with E-state index in [2.05, 4.69) is 52.2 Å². The van der Waals surface area contributed by atoms with Gasteiger partial charge in [-0.2, -0.15) is 0 Å². The maximum absolute atomic E-state index is 13.0. The van der Waals surface area contributed by atoms with E-state index in [1.165, 1.54) is 64.2 Å². The van der Waals surface area contributed by atoms with Gasteiger partial charge >= 0.3 is 0 Å². The first-order valence-corrected chi connectivity index (χ1v) is 24.7. The third-order valence-electron chi connectivity index (χ3n) is 21.3. The van der Waals surface area contributed by atoms with E-state index in [-0.39, 0.29) is 41.0 Å². The first-order chi connectivity index (χ1) is 27.1. The minimum absolute atomic E-state index is 0.0710. The first kappa shape index (κ1) is 42.5. The van der Waals surface area contributed by atoms with Crippen molar-refractivity contribution < 1.29 is 24.9 Å². The fourth-order valence-corrected chi connectivity index (χ4v) is 18.1. The first-order valence-electron chi connectivity index (χ1n) is 24.7. The number of aliphatic hydroxyl groups excluding tert-OH is 3. The van der Waals surface area contributed by atoms with Crippen molar-refractivity contribution in [2.45, 2.75) is 195 Å². The van der Waals surface area contributed by atoms with E-state index in [1.54, 1.807) is 0 Å². The van der Waals surface area contributed by atoms with Gasteiger partial charge in [0, 0.05) is 25.9 Å². The molecule has 2 amide bonds. The normalized spacial score (nSPS) is 49.9. The standard InChI is InChI=1S/C50H84N2O5/c1-30(38-13-15-40-36-11-9-32-27-34(53)19-22-47(32,3)41(36)21-24-49(38,40)5)7-17-45(56)51-25-26-52-46(57)18-8-31(2)39-14-16-42-37-12-10-33-28-35(54)20-23-48(33,4)43(37)29-44(55)50(39,42)6/h30-44,53-55H,7-29H2,1-6H3,(H,51,56)(H,52,57)/t30-,31-,32?,33?,34-,35-,36?,37?,38-,39-,40?,41?,42?,43?,44+,47+,48+,49-,50-/m1/s1. The molecule has 8 aliphatic carbocycles. The second-order valence-electron chi connectivity index (χ2n) is 23.4. The summed E-state index contributed by atoms with van der Waals surface area (Å²) in [4.78, 5) is 26.0. The summed E-state index contributed by atoms with van der Waals surface area (Å²) in [6, 6.07) is 0. The van der Waals surface area contributed by atoms with Crippen LogP contribution in [0.4, 0.5) is 0 Å². The molecule has 8 aliphatic rings. The Labute approximate surface area is 346 Å². The molecule has 7 heteroatoms. The van der Waals surface area contributed by atoms with E-state index in [0.717, 1.165) is 75.5 Å². The number of fused-ring (bicyclic) bond motifs is 10. The van der Waals surface area contributed by atoms with Crippen LogP contribution in [0.5, 0.6) is 0 Å². The minimum Gasteiger partial charge on any atom is -0.393 e. The SMILES string of the molecule is C[C@H](CCC(=O)NCCNC(=O)CC[C@@H](C)[C@H]1CCC2C3CCC4C[C@H](O)CC[C@]4(C)C3CC[C@@]21C)[C@H]1CCC2C3CCC4C[C@H](O)CC[C@]4(C)C3C[C@H](O)[C@@]21C. The summed E-state index contributed by atoms with van der Waals surface area (Å²) < 4.78 is 0. The molecule has 7 nitrogen and oxygen atoms in total. The van der Waals surface area contributed by atoms with Gasteiger partial charge < -0.3 is 26.0 Å². The van der Waals surface area contributed by atoms with E-state index in [4.69, 9.17) is 0 Å². The van der Waals surface area contributed by atoms with Crippen LogP contribution >= 0.6 is 0 Å². The monoisotopic (exact) mass is 793 g/mol. The second-order valence-corrected chi connectivity index (χ2v) is 23.4. The van der Waals surface area contributed by atoms with Crippen LogP contribution < -0.4 is 10.6 Å².